The summed E-state index contributed by atoms with van der Waals surface area (Å²) >= 11 is 5.86. The van der Waals surface area contributed by atoms with Crippen molar-refractivity contribution >= 4 is 40.7 Å². The van der Waals surface area contributed by atoms with Gasteiger partial charge in [-0.05, 0) is 54.6 Å². The lowest BCUT2D eigenvalue weighted by atomic mass is 10.2. The summed E-state index contributed by atoms with van der Waals surface area (Å²) in [6.45, 7) is 0. The lowest BCUT2D eigenvalue weighted by molar-refractivity contribution is 0.0600. The molecule has 3 aromatic rings. The summed E-state index contributed by atoms with van der Waals surface area (Å²) in [6, 6.07) is 17.1. The molecule has 1 amide bonds. The second kappa shape index (κ2) is 8.33. The van der Waals surface area contributed by atoms with Crippen LogP contribution < -0.4 is 10.6 Å². The fraction of sp³-hybridized carbons (Fsp3) is 0.0500. The van der Waals surface area contributed by atoms with Gasteiger partial charge in [0.05, 0.1) is 18.2 Å². The molecule has 1 aromatic heterocycles. The second-order valence-electron chi connectivity index (χ2n) is 5.59. The topological polar surface area (TPSA) is 80.3 Å². The molecule has 2 aromatic carbocycles. The van der Waals surface area contributed by atoms with Gasteiger partial charge in [-0.1, -0.05) is 17.7 Å². The van der Waals surface area contributed by atoms with Crippen molar-refractivity contribution in [3.63, 3.8) is 0 Å². The number of esters is 1. The van der Waals surface area contributed by atoms with Gasteiger partial charge in [-0.25, -0.2) is 9.78 Å². The first kappa shape index (κ1) is 18.4. The van der Waals surface area contributed by atoms with Gasteiger partial charge in [-0.3, -0.25) is 4.79 Å². The Bertz CT molecular complexity index is 957. The average Bonchev–Trinajstić information content (AvgIpc) is 2.70. The molecule has 0 unspecified atom stereocenters. The summed E-state index contributed by atoms with van der Waals surface area (Å²) in [5, 5.41) is 6.50. The van der Waals surface area contributed by atoms with Crippen LogP contribution in [0.15, 0.2) is 66.9 Å². The van der Waals surface area contributed by atoms with E-state index >= 15 is 0 Å². The Kier molecular flexibility index (Phi) is 5.68. The van der Waals surface area contributed by atoms with Crippen LogP contribution in [0.4, 0.5) is 17.2 Å². The molecule has 0 saturated carbocycles. The normalized spacial score (nSPS) is 10.1. The van der Waals surface area contributed by atoms with E-state index in [0.717, 1.165) is 5.69 Å². The molecule has 0 atom stereocenters. The molecule has 0 radical (unpaired) electrons. The van der Waals surface area contributed by atoms with E-state index in [9.17, 15) is 9.59 Å². The van der Waals surface area contributed by atoms with E-state index in [4.69, 9.17) is 11.6 Å². The van der Waals surface area contributed by atoms with Crippen LogP contribution in [0.25, 0.3) is 0 Å². The van der Waals surface area contributed by atoms with E-state index in [2.05, 4.69) is 20.4 Å². The Balaban J connectivity index is 1.67. The summed E-state index contributed by atoms with van der Waals surface area (Å²) in [4.78, 5) is 28.2. The molecule has 6 nitrogen and oxygen atoms in total. The third kappa shape index (κ3) is 4.83. The van der Waals surface area contributed by atoms with E-state index in [-0.39, 0.29) is 5.91 Å². The van der Waals surface area contributed by atoms with E-state index < -0.39 is 5.97 Å². The summed E-state index contributed by atoms with van der Waals surface area (Å²) in [7, 11) is 1.30. The van der Waals surface area contributed by atoms with E-state index in [1.807, 2.05) is 12.1 Å². The highest BCUT2D eigenvalue weighted by Crippen LogP contribution is 2.18. The van der Waals surface area contributed by atoms with E-state index in [0.29, 0.717) is 27.7 Å². The summed E-state index contributed by atoms with van der Waals surface area (Å²) < 4.78 is 4.67. The van der Waals surface area contributed by atoms with Crippen LogP contribution in [0.2, 0.25) is 5.02 Å². The number of carbonyl (C=O) groups excluding carboxylic acids is 2. The fourth-order valence-electron chi connectivity index (χ4n) is 2.33. The standard InChI is InChI=1S/C20H16ClN3O3/c1-27-20(26)13-3-2-4-17(11-13)24-19(25)14-5-10-18(22-12-14)23-16-8-6-15(21)7-9-16/h2-12H,1H3,(H,22,23)(H,24,25). The number of hydrogen-bond acceptors (Lipinski definition) is 5. The molecule has 7 heteroatoms. The maximum Gasteiger partial charge on any atom is 0.337 e. The molecular weight excluding hydrogens is 366 g/mol. The first-order valence-corrected chi connectivity index (χ1v) is 8.41. The van der Waals surface area contributed by atoms with Gasteiger partial charge < -0.3 is 15.4 Å². The van der Waals surface area contributed by atoms with Crippen LogP contribution in [0, 0.1) is 0 Å². The third-order valence-electron chi connectivity index (χ3n) is 3.68. The van der Waals surface area contributed by atoms with Crippen molar-refractivity contribution in [3.8, 4) is 0 Å². The average molecular weight is 382 g/mol. The Morgan fingerprint density at radius 1 is 0.963 bits per heavy atom. The largest absolute Gasteiger partial charge is 0.465 e. The number of carbonyl (C=O) groups is 2. The van der Waals surface area contributed by atoms with Crippen molar-refractivity contribution in [2.24, 2.45) is 0 Å². The Morgan fingerprint density at radius 3 is 2.41 bits per heavy atom. The zero-order valence-corrected chi connectivity index (χ0v) is 15.2. The zero-order valence-electron chi connectivity index (χ0n) is 14.4. The highest BCUT2D eigenvalue weighted by atomic mass is 35.5. The predicted molar refractivity (Wildman–Crippen MR) is 105 cm³/mol. The zero-order chi connectivity index (χ0) is 19.2. The molecule has 2 N–H and O–H groups in total. The number of amides is 1. The van der Waals surface area contributed by atoms with Gasteiger partial charge in [0, 0.05) is 22.6 Å². The smallest absolute Gasteiger partial charge is 0.337 e. The minimum atomic E-state index is -0.467. The molecule has 3 rings (SSSR count). The molecule has 136 valence electrons. The molecule has 0 bridgehead atoms. The Morgan fingerprint density at radius 2 is 1.74 bits per heavy atom. The van der Waals surface area contributed by atoms with Crippen molar-refractivity contribution < 1.29 is 14.3 Å². The number of methoxy groups -OCH3 is 1. The maximum atomic E-state index is 12.4. The number of ether oxygens (including phenoxy) is 1. The van der Waals surface area contributed by atoms with Crippen LogP contribution in [0.1, 0.15) is 20.7 Å². The maximum absolute atomic E-state index is 12.4. The second-order valence-corrected chi connectivity index (χ2v) is 6.03. The van der Waals surface area contributed by atoms with Crippen LogP contribution in [0.3, 0.4) is 0 Å². The molecule has 0 aliphatic heterocycles. The predicted octanol–water partition coefficient (Wildman–Crippen LogP) is 4.52. The number of nitrogens with zero attached hydrogens (tertiary/aromatic N) is 1. The van der Waals surface area contributed by atoms with Crippen LogP contribution >= 0.6 is 11.6 Å². The highest BCUT2D eigenvalue weighted by molar-refractivity contribution is 6.30. The molecule has 0 aliphatic carbocycles. The van der Waals surface area contributed by atoms with Gasteiger partial charge >= 0.3 is 5.97 Å². The van der Waals surface area contributed by atoms with Crippen LogP contribution in [-0.4, -0.2) is 24.0 Å². The van der Waals surface area contributed by atoms with Gasteiger partial charge in [0.1, 0.15) is 5.82 Å². The van der Waals surface area contributed by atoms with Crippen molar-refractivity contribution in [2.75, 3.05) is 17.7 Å². The Labute approximate surface area is 161 Å². The lowest BCUT2D eigenvalue weighted by Gasteiger charge is -2.08. The fourth-order valence-corrected chi connectivity index (χ4v) is 2.45. The van der Waals surface area contributed by atoms with E-state index in [1.165, 1.54) is 13.3 Å². The van der Waals surface area contributed by atoms with E-state index in [1.54, 1.807) is 48.5 Å². The molecule has 27 heavy (non-hydrogen) atoms. The van der Waals surface area contributed by atoms with Gasteiger partial charge in [0.2, 0.25) is 0 Å². The number of rotatable bonds is 5. The molecule has 0 spiro atoms. The number of benzene rings is 2. The summed E-state index contributed by atoms with van der Waals surface area (Å²) in [6.07, 6.45) is 1.47. The Hall–Kier alpha value is -3.38. The minimum Gasteiger partial charge on any atom is -0.465 e. The first-order valence-electron chi connectivity index (χ1n) is 8.03. The first-order chi connectivity index (χ1) is 13.0. The summed E-state index contributed by atoms with van der Waals surface area (Å²) in [5.41, 5.74) is 2.08. The van der Waals surface area contributed by atoms with Gasteiger partial charge in [-0.2, -0.15) is 0 Å². The number of halogens is 1. The van der Waals surface area contributed by atoms with Gasteiger partial charge in [-0.15, -0.1) is 0 Å². The minimum absolute atomic E-state index is 0.331. The number of aromatic nitrogens is 1. The highest BCUT2D eigenvalue weighted by Gasteiger charge is 2.10. The number of anilines is 3. The number of pyridine rings is 1. The van der Waals surface area contributed by atoms with Crippen molar-refractivity contribution in [1.82, 2.24) is 4.98 Å². The number of hydrogen-bond donors (Lipinski definition) is 2. The van der Waals surface area contributed by atoms with Crippen LogP contribution in [-0.2, 0) is 4.74 Å². The van der Waals surface area contributed by atoms with Crippen molar-refractivity contribution in [2.45, 2.75) is 0 Å². The SMILES string of the molecule is COC(=O)c1cccc(NC(=O)c2ccc(Nc3ccc(Cl)cc3)nc2)c1. The van der Waals surface area contributed by atoms with Gasteiger partial charge in [0.15, 0.2) is 0 Å². The quantitative estimate of drug-likeness (QED) is 0.635. The third-order valence-corrected chi connectivity index (χ3v) is 3.94. The molecule has 0 fully saturated rings. The monoisotopic (exact) mass is 381 g/mol. The molecule has 0 saturated heterocycles. The summed E-state index contributed by atoms with van der Waals surface area (Å²) in [5.74, 6) is -0.200. The van der Waals surface area contributed by atoms with Crippen molar-refractivity contribution in [1.29, 1.82) is 0 Å². The lowest BCUT2D eigenvalue weighted by Crippen LogP contribution is -2.13. The molecule has 0 aliphatic rings. The molecular formula is C20H16ClN3O3. The number of nitrogens with one attached hydrogen (secondary N) is 2. The van der Waals surface area contributed by atoms with Crippen LogP contribution in [0.5, 0.6) is 0 Å². The molecule has 1 heterocycles. The van der Waals surface area contributed by atoms with Crippen molar-refractivity contribution in [3.05, 3.63) is 83.0 Å². The van der Waals surface area contributed by atoms with Gasteiger partial charge in [0.25, 0.3) is 5.91 Å².